The van der Waals surface area contributed by atoms with Gasteiger partial charge >= 0.3 is 0 Å². The molecule has 1 aromatic rings. The van der Waals surface area contributed by atoms with E-state index in [0.29, 0.717) is 0 Å². The Labute approximate surface area is 99.3 Å². The van der Waals surface area contributed by atoms with Gasteiger partial charge in [-0.15, -0.1) is 6.58 Å². The highest BCUT2D eigenvalue weighted by atomic mass is 127. The number of halogens is 1. The van der Waals surface area contributed by atoms with Crippen LogP contribution in [-0.2, 0) is 6.42 Å². The zero-order valence-corrected chi connectivity index (χ0v) is 10.4. The topological polar surface area (TPSA) is 9.23 Å². The van der Waals surface area contributed by atoms with Crippen LogP contribution in [-0.4, -0.2) is 11.0 Å². The highest BCUT2D eigenvalue weighted by Gasteiger charge is 1.94. The molecule has 0 aliphatic rings. The second-order valence-corrected chi connectivity index (χ2v) is 4.09. The second kappa shape index (κ2) is 6.87. The van der Waals surface area contributed by atoms with Gasteiger partial charge in [-0.3, -0.25) is 0 Å². The standard InChI is InChI=1S/C12H15IO/c1-2-3-10-14-12-6-4-11(5-7-12)8-9-13/h2,4-7H,1,3,8-10H2. The Hall–Kier alpha value is -0.510. The van der Waals surface area contributed by atoms with Crippen LogP contribution in [0.25, 0.3) is 0 Å². The van der Waals surface area contributed by atoms with Crippen LogP contribution in [0.4, 0.5) is 0 Å². The molecule has 1 aromatic carbocycles. The van der Waals surface area contributed by atoms with Gasteiger partial charge in [0, 0.05) is 4.43 Å². The molecule has 2 heteroatoms. The number of hydrogen-bond acceptors (Lipinski definition) is 1. The molecule has 0 unspecified atom stereocenters. The van der Waals surface area contributed by atoms with Gasteiger partial charge in [-0.05, 0) is 30.5 Å². The minimum Gasteiger partial charge on any atom is -0.493 e. The summed E-state index contributed by atoms with van der Waals surface area (Å²) in [6.45, 7) is 4.37. The van der Waals surface area contributed by atoms with Crippen molar-refractivity contribution in [1.29, 1.82) is 0 Å². The number of alkyl halides is 1. The van der Waals surface area contributed by atoms with Crippen molar-refractivity contribution < 1.29 is 4.74 Å². The van der Waals surface area contributed by atoms with E-state index in [4.69, 9.17) is 4.74 Å². The summed E-state index contributed by atoms with van der Waals surface area (Å²) in [5.41, 5.74) is 1.37. The van der Waals surface area contributed by atoms with E-state index in [1.54, 1.807) is 0 Å². The lowest BCUT2D eigenvalue weighted by atomic mass is 10.2. The smallest absolute Gasteiger partial charge is 0.119 e. The number of benzene rings is 1. The van der Waals surface area contributed by atoms with Gasteiger partial charge in [-0.2, -0.15) is 0 Å². The van der Waals surface area contributed by atoms with Crippen LogP contribution in [0.5, 0.6) is 5.75 Å². The highest BCUT2D eigenvalue weighted by molar-refractivity contribution is 14.1. The van der Waals surface area contributed by atoms with Crippen molar-refractivity contribution in [2.24, 2.45) is 0 Å². The lowest BCUT2D eigenvalue weighted by Crippen LogP contribution is -1.95. The predicted molar refractivity (Wildman–Crippen MR) is 69.3 cm³/mol. The van der Waals surface area contributed by atoms with Crippen molar-refractivity contribution in [3.63, 3.8) is 0 Å². The average Bonchev–Trinajstić information content (AvgIpc) is 2.21. The first kappa shape index (κ1) is 11.6. The first-order chi connectivity index (χ1) is 6.86. The van der Waals surface area contributed by atoms with E-state index in [2.05, 4.69) is 41.3 Å². The molecule has 1 nitrogen and oxygen atoms in total. The van der Waals surface area contributed by atoms with Crippen LogP contribution < -0.4 is 4.74 Å². The van der Waals surface area contributed by atoms with Crippen LogP contribution >= 0.6 is 22.6 Å². The second-order valence-electron chi connectivity index (χ2n) is 3.01. The fourth-order valence-corrected chi connectivity index (χ4v) is 1.74. The molecule has 0 N–H and O–H groups in total. The van der Waals surface area contributed by atoms with Crippen LogP contribution in [0.2, 0.25) is 0 Å². The molecular formula is C12H15IO. The molecule has 0 aromatic heterocycles. The van der Waals surface area contributed by atoms with Gasteiger partial charge in [0.15, 0.2) is 0 Å². The van der Waals surface area contributed by atoms with E-state index in [1.165, 1.54) is 5.56 Å². The van der Waals surface area contributed by atoms with E-state index in [9.17, 15) is 0 Å². The Bertz CT molecular complexity index is 266. The molecule has 0 atom stereocenters. The number of hydrogen-bond donors (Lipinski definition) is 0. The Balaban J connectivity index is 2.42. The normalized spacial score (nSPS) is 9.79. The summed E-state index contributed by atoms with van der Waals surface area (Å²) in [5.74, 6) is 0.948. The van der Waals surface area contributed by atoms with Crippen LogP contribution in [0, 0.1) is 0 Å². The Morgan fingerprint density at radius 2 is 2.00 bits per heavy atom. The minimum atomic E-state index is 0.717. The molecule has 0 saturated carbocycles. The summed E-state index contributed by atoms with van der Waals surface area (Å²) in [6, 6.07) is 8.32. The molecule has 0 aliphatic carbocycles. The highest BCUT2D eigenvalue weighted by Crippen LogP contribution is 2.13. The molecular weight excluding hydrogens is 287 g/mol. The molecule has 1 rings (SSSR count). The predicted octanol–water partition coefficient (Wildman–Crippen LogP) is 3.62. The number of rotatable bonds is 6. The maximum atomic E-state index is 5.51. The van der Waals surface area contributed by atoms with Gasteiger partial charge in [-0.1, -0.05) is 40.8 Å². The van der Waals surface area contributed by atoms with Gasteiger partial charge < -0.3 is 4.74 Å². The van der Waals surface area contributed by atoms with E-state index >= 15 is 0 Å². The van der Waals surface area contributed by atoms with Crippen molar-refractivity contribution in [1.82, 2.24) is 0 Å². The monoisotopic (exact) mass is 302 g/mol. The van der Waals surface area contributed by atoms with Gasteiger partial charge in [0.05, 0.1) is 6.61 Å². The van der Waals surface area contributed by atoms with Gasteiger partial charge in [0.25, 0.3) is 0 Å². The third-order valence-electron chi connectivity index (χ3n) is 1.90. The minimum absolute atomic E-state index is 0.717. The van der Waals surface area contributed by atoms with E-state index in [-0.39, 0.29) is 0 Å². The molecule has 0 fully saturated rings. The molecule has 14 heavy (non-hydrogen) atoms. The number of ether oxygens (including phenoxy) is 1. The lowest BCUT2D eigenvalue weighted by Gasteiger charge is -2.05. The molecule has 0 heterocycles. The molecule has 0 saturated heterocycles. The van der Waals surface area contributed by atoms with E-state index in [0.717, 1.165) is 29.6 Å². The zero-order chi connectivity index (χ0) is 10.2. The third kappa shape index (κ3) is 4.13. The first-order valence-electron chi connectivity index (χ1n) is 4.75. The summed E-state index contributed by atoms with van der Waals surface area (Å²) in [5, 5.41) is 0. The van der Waals surface area contributed by atoms with Crippen LogP contribution in [0.3, 0.4) is 0 Å². The molecule has 0 aliphatic heterocycles. The Kier molecular flexibility index (Phi) is 5.68. The van der Waals surface area contributed by atoms with Gasteiger partial charge in [0.2, 0.25) is 0 Å². The molecule has 0 spiro atoms. The quantitative estimate of drug-likeness (QED) is 0.337. The average molecular weight is 302 g/mol. The fraction of sp³-hybridized carbons (Fsp3) is 0.333. The summed E-state index contributed by atoms with van der Waals surface area (Å²) in [7, 11) is 0. The van der Waals surface area contributed by atoms with E-state index < -0.39 is 0 Å². The molecule has 76 valence electrons. The summed E-state index contributed by atoms with van der Waals surface area (Å²) >= 11 is 2.38. The maximum absolute atomic E-state index is 5.51. The Morgan fingerprint density at radius 1 is 1.29 bits per heavy atom. The zero-order valence-electron chi connectivity index (χ0n) is 8.21. The molecule has 0 amide bonds. The summed E-state index contributed by atoms with van der Waals surface area (Å²) < 4.78 is 6.67. The number of aryl methyl sites for hydroxylation is 1. The fourth-order valence-electron chi connectivity index (χ4n) is 1.12. The first-order valence-corrected chi connectivity index (χ1v) is 6.28. The Morgan fingerprint density at radius 3 is 2.57 bits per heavy atom. The molecule has 0 radical (unpaired) electrons. The van der Waals surface area contributed by atoms with Crippen molar-refractivity contribution in [3.05, 3.63) is 42.5 Å². The third-order valence-corrected chi connectivity index (χ3v) is 2.44. The van der Waals surface area contributed by atoms with Crippen molar-refractivity contribution in [3.8, 4) is 5.75 Å². The van der Waals surface area contributed by atoms with Crippen molar-refractivity contribution in [2.45, 2.75) is 12.8 Å². The van der Waals surface area contributed by atoms with E-state index in [1.807, 2.05) is 18.2 Å². The lowest BCUT2D eigenvalue weighted by molar-refractivity contribution is 0.325. The van der Waals surface area contributed by atoms with Gasteiger partial charge in [0.1, 0.15) is 5.75 Å². The van der Waals surface area contributed by atoms with Crippen LogP contribution in [0.15, 0.2) is 36.9 Å². The van der Waals surface area contributed by atoms with Crippen molar-refractivity contribution >= 4 is 22.6 Å². The largest absolute Gasteiger partial charge is 0.493 e. The molecule has 0 bridgehead atoms. The van der Waals surface area contributed by atoms with Gasteiger partial charge in [-0.25, -0.2) is 0 Å². The SMILES string of the molecule is C=CCCOc1ccc(CCI)cc1. The summed E-state index contributed by atoms with van der Waals surface area (Å²) in [4.78, 5) is 0. The van der Waals surface area contributed by atoms with Crippen molar-refractivity contribution in [2.75, 3.05) is 11.0 Å². The summed E-state index contributed by atoms with van der Waals surface area (Å²) in [6.07, 6.45) is 3.90. The van der Waals surface area contributed by atoms with Crippen LogP contribution in [0.1, 0.15) is 12.0 Å². The maximum Gasteiger partial charge on any atom is 0.119 e.